The molecule has 0 saturated heterocycles. The van der Waals surface area contributed by atoms with Gasteiger partial charge >= 0.3 is 0 Å². The summed E-state index contributed by atoms with van der Waals surface area (Å²) in [6.45, 7) is 3.26. The van der Waals surface area contributed by atoms with Crippen molar-refractivity contribution in [3.8, 4) is 11.5 Å². The maximum Gasteiger partial charge on any atom is 0.251 e. The normalized spacial score (nSPS) is 11.2. The molecule has 0 fully saturated rings. The van der Waals surface area contributed by atoms with Crippen molar-refractivity contribution in [2.24, 2.45) is 0 Å². The minimum absolute atomic E-state index is 0.00806. The third kappa shape index (κ3) is 5.05. The molecular weight excluding hydrogens is 372 g/mol. The molecule has 0 radical (unpaired) electrons. The third-order valence-electron chi connectivity index (χ3n) is 3.81. The van der Waals surface area contributed by atoms with E-state index in [1.807, 2.05) is 6.92 Å². The smallest absolute Gasteiger partial charge is 0.251 e. The first-order valence-electron chi connectivity index (χ1n) is 8.03. The van der Waals surface area contributed by atoms with Crippen molar-refractivity contribution < 1.29 is 23.4 Å². The van der Waals surface area contributed by atoms with E-state index in [9.17, 15) is 28.2 Å². The fourth-order valence-corrected chi connectivity index (χ4v) is 3.32. The third-order valence-corrected chi connectivity index (χ3v) is 5.28. The van der Waals surface area contributed by atoms with E-state index >= 15 is 0 Å². The number of carbonyl (C=O) groups is 1. The molecule has 0 atom stereocenters. The van der Waals surface area contributed by atoms with E-state index in [2.05, 4.69) is 10.0 Å². The lowest BCUT2D eigenvalue weighted by molar-refractivity contribution is 0.0953. The van der Waals surface area contributed by atoms with Crippen molar-refractivity contribution >= 4 is 15.9 Å². The average molecular weight is 392 g/mol. The van der Waals surface area contributed by atoms with E-state index in [-0.39, 0.29) is 29.1 Å². The van der Waals surface area contributed by atoms with Gasteiger partial charge in [-0.2, -0.15) is 0 Å². The fourth-order valence-electron chi connectivity index (χ4n) is 2.29. The minimum atomic E-state index is -3.69. The van der Waals surface area contributed by atoms with Crippen molar-refractivity contribution in [2.75, 3.05) is 13.1 Å². The van der Waals surface area contributed by atoms with Crippen LogP contribution in [0, 0.1) is 13.8 Å². The van der Waals surface area contributed by atoms with Gasteiger partial charge in [0.25, 0.3) is 5.91 Å². The number of amides is 1. The molecule has 2 aromatic carbocycles. The Labute approximate surface area is 156 Å². The first kappa shape index (κ1) is 20.4. The number of benzene rings is 1. The highest BCUT2D eigenvalue weighted by Crippen LogP contribution is 2.21. The Bertz CT molecular complexity index is 1020. The molecule has 144 valence electrons. The van der Waals surface area contributed by atoms with Gasteiger partial charge in [0, 0.05) is 18.7 Å². The van der Waals surface area contributed by atoms with Gasteiger partial charge in [-0.1, -0.05) is 17.7 Å². The van der Waals surface area contributed by atoms with Gasteiger partial charge in [0.1, 0.15) is 0 Å². The second-order valence-corrected chi connectivity index (χ2v) is 7.72. The lowest BCUT2D eigenvalue weighted by atomic mass is 10.1. The van der Waals surface area contributed by atoms with Crippen molar-refractivity contribution in [3.05, 3.63) is 63.3 Å². The molecule has 0 spiro atoms. The van der Waals surface area contributed by atoms with Crippen molar-refractivity contribution in [1.29, 1.82) is 0 Å². The summed E-state index contributed by atoms with van der Waals surface area (Å²) in [5.41, 5.74) is 0.373. The van der Waals surface area contributed by atoms with Gasteiger partial charge in [-0.05, 0) is 43.7 Å². The highest BCUT2D eigenvalue weighted by atomic mass is 32.2. The van der Waals surface area contributed by atoms with Gasteiger partial charge in [0.15, 0.2) is 5.75 Å². The molecule has 9 heteroatoms. The SMILES string of the molecule is Cc1ccc(S(=O)(=O)NCCNC(=O)c2cc(O)c(O)c(=O)cc2C)cc1. The van der Waals surface area contributed by atoms with E-state index < -0.39 is 32.9 Å². The summed E-state index contributed by atoms with van der Waals surface area (Å²) in [6.07, 6.45) is 0. The lowest BCUT2D eigenvalue weighted by Crippen LogP contribution is -2.34. The van der Waals surface area contributed by atoms with E-state index in [1.165, 1.54) is 19.1 Å². The summed E-state index contributed by atoms with van der Waals surface area (Å²) in [7, 11) is -3.69. The maximum atomic E-state index is 12.2. The Morgan fingerprint density at radius 1 is 1.04 bits per heavy atom. The molecular formula is C18H20N2O6S. The molecule has 0 saturated carbocycles. The zero-order valence-corrected chi connectivity index (χ0v) is 15.6. The number of hydrogen-bond donors (Lipinski definition) is 4. The second kappa shape index (κ2) is 8.19. The van der Waals surface area contributed by atoms with Crippen LogP contribution >= 0.6 is 0 Å². The Morgan fingerprint density at radius 3 is 2.30 bits per heavy atom. The number of nitrogens with one attached hydrogen (secondary N) is 2. The first-order valence-corrected chi connectivity index (χ1v) is 9.51. The highest BCUT2D eigenvalue weighted by molar-refractivity contribution is 7.89. The van der Waals surface area contributed by atoms with Crippen LogP contribution in [0.2, 0.25) is 0 Å². The second-order valence-electron chi connectivity index (χ2n) is 5.95. The largest absolute Gasteiger partial charge is 0.504 e. The number of aryl methyl sites for hydroxylation is 2. The van der Waals surface area contributed by atoms with E-state index in [1.54, 1.807) is 12.1 Å². The first-order chi connectivity index (χ1) is 12.6. The molecule has 0 aliphatic carbocycles. The predicted octanol–water partition coefficient (Wildman–Crippen LogP) is 0.783. The van der Waals surface area contributed by atoms with Crippen molar-refractivity contribution in [1.82, 2.24) is 10.0 Å². The summed E-state index contributed by atoms with van der Waals surface area (Å²) >= 11 is 0. The Kier molecular flexibility index (Phi) is 6.19. The van der Waals surface area contributed by atoms with Gasteiger partial charge in [0.2, 0.25) is 21.2 Å². The molecule has 2 aromatic rings. The van der Waals surface area contributed by atoms with Crippen LogP contribution in [0.15, 0.2) is 46.1 Å². The molecule has 1 amide bonds. The summed E-state index contributed by atoms with van der Waals surface area (Å²) in [6, 6.07) is 8.35. The number of rotatable bonds is 6. The van der Waals surface area contributed by atoms with Crippen LogP contribution in [0.4, 0.5) is 0 Å². The highest BCUT2D eigenvalue weighted by Gasteiger charge is 2.15. The molecule has 0 aliphatic rings. The number of sulfonamides is 1. The van der Waals surface area contributed by atoms with Gasteiger partial charge in [-0.25, -0.2) is 13.1 Å². The molecule has 2 rings (SSSR count). The minimum Gasteiger partial charge on any atom is -0.504 e. The van der Waals surface area contributed by atoms with Gasteiger partial charge < -0.3 is 15.5 Å². The zero-order valence-electron chi connectivity index (χ0n) is 14.8. The molecule has 0 aromatic heterocycles. The van der Waals surface area contributed by atoms with Crippen LogP contribution in [-0.2, 0) is 10.0 Å². The van der Waals surface area contributed by atoms with E-state index in [0.29, 0.717) is 0 Å². The molecule has 8 nitrogen and oxygen atoms in total. The quantitative estimate of drug-likeness (QED) is 0.537. The fraction of sp³-hybridized carbons (Fsp3) is 0.222. The van der Waals surface area contributed by atoms with Gasteiger partial charge in [0.05, 0.1) is 4.90 Å². The maximum absolute atomic E-state index is 12.2. The van der Waals surface area contributed by atoms with Crippen LogP contribution in [0.5, 0.6) is 11.5 Å². The molecule has 27 heavy (non-hydrogen) atoms. The summed E-state index contributed by atoms with van der Waals surface area (Å²) in [5.74, 6) is -2.17. The van der Waals surface area contributed by atoms with Crippen LogP contribution in [0.3, 0.4) is 0 Å². The standard InChI is InChI=1S/C18H20N2O6S/c1-11-3-5-13(6-4-11)27(25,26)20-8-7-19-18(24)14-10-16(22)17(23)15(21)9-12(14)2/h3-6,9-10,20H,7-8H2,1-2H3,(H,19,24)(H2,21,22,23). The number of hydrogen-bond acceptors (Lipinski definition) is 6. The predicted molar refractivity (Wildman–Crippen MR) is 99.5 cm³/mol. The topological polar surface area (TPSA) is 133 Å². The van der Waals surface area contributed by atoms with Crippen molar-refractivity contribution in [2.45, 2.75) is 18.7 Å². The summed E-state index contributed by atoms with van der Waals surface area (Å²) in [5, 5.41) is 21.6. The van der Waals surface area contributed by atoms with E-state index in [4.69, 9.17) is 0 Å². The molecule has 0 unspecified atom stereocenters. The molecule has 0 heterocycles. The van der Waals surface area contributed by atoms with Gasteiger partial charge in [-0.15, -0.1) is 0 Å². The molecule has 0 aliphatic heterocycles. The van der Waals surface area contributed by atoms with Crippen LogP contribution in [0.25, 0.3) is 0 Å². The van der Waals surface area contributed by atoms with Crippen LogP contribution in [-0.4, -0.2) is 37.6 Å². The monoisotopic (exact) mass is 392 g/mol. The van der Waals surface area contributed by atoms with Crippen LogP contribution < -0.4 is 15.5 Å². The number of aromatic hydroxyl groups is 2. The zero-order chi connectivity index (χ0) is 20.2. The van der Waals surface area contributed by atoms with Crippen molar-refractivity contribution in [3.63, 3.8) is 0 Å². The summed E-state index contributed by atoms with van der Waals surface area (Å²) in [4.78, 5) is 23.9. The Morgan fingerprint density at radius 2 is 1.67 bits per heavy atom. The van der Waals surface area contributed by atoms with E-state index in [0.717, 1.165) is 17.7 Å². The Hall–Kier alpha value is -2.91. The summed E-state index contributed by atoms with van der Waals surface area (Å²) < 4.78 is 26.7. The average Bonchev–Trinajstić information content (AvgIpc) is 2.70. The van der Waals surface area contributed by atoms with Gasteiger partial charge in [-0.3, -0.25) is 9.59 Å². The molecule has 0 bridgehead atoms. The molecule has 4 N–H and O–H groups in total. The number of carbonyl (C=O) groups excluding carboxylic acids is 1. The van der Waals surface area contributed by atoms with Crippen LogP contribution in [0.1, 0.15) is 21.5 Å². The Balaban J connectivity index is 2.01. The lowest BCUT2D eigenvalue weighted by Gasteiger charge is -2.09.